The number of hydrogen-bond acceptors (Lipinski definition) is 5. The molecule has 0 saturated heterocycles. The number of nitrogens with zero attached hydrogens (tertiary/aromatic N) is 1. The van der Waals surface area contributed by atoms with Crippen molar-refractivity contribution in [1.29, 1.82) is 0 Å². The van der Waals surface area contributed by atoms with E-state index in [9.17, 15) is 5.11 Å². The number of aliphatic hydroxyl groups is 1. The molecule has 1 aliphatic rings. The highest BCUT2D eigenvalue weighted by Gasteiger charge is 2.28. The molecule has 27 heavy (non-hydrogen) atoms. The zero-order valence-electron chi connectivity index (χ0n) is 15.7. The lowest BCUT2D eigenvalue weighted by Crippen LogP contribution is -2.41. The number of pyridine rings is 1. The van der Waals surface area contributed by atoms with Crippen molar-refractivity contribution in [1.82, 2.24) is 10.3 Å². The average Bonchev–Trinajstić information content (AvgIpc) is 3.22. The molecule has 0 spiro atoms. The van der Waals surface area contributed by atoms with Gasteiger partial charge in [0.1, 0.15) is 5.75 Å². The quantitative estimate of drug-likeness (QED) is 0.646. The largest absolute Gasteiger partial charge is 0.497 e. The fraction of sp³-hybridized carbons (Fsp3) is 0.409. The van der Waals surface area contributed by atoms with Gasteiger partial charge < -0.3 is 15.2 Å². The van der Waals surface area contributed by atoms with Crippen LogP contribution in [0.1, 0.15) is 37.7 Å². The first-order chi connectivity index (χ1) is 13.2. The molecule has 0 atom stereocenters. The molecule has 1 aromatic carbocycles. The summed E-state index contributed by atoms with van der Waals surface area (Å²) in [4.78, 5) is 4.93. The number of benzene rings is 1. The molecule has 0 unspecified atom stereocenters. The minimum atomic E-state index is -0.557. The number of ether oxygens (including phenoxy) is 1. The molecule has 0 bridgehead atoms. The van der Waals surface area contributed by atoms with Crippen LogP contribution in [0.2, 0.25) is 0 Å². The van der Waals surface area contributed by atoms with E-state index in [4.69, 9.17) is 9.72 Å². The Morgan fingerprint density at radius 3 is 2.78 bits per heavy atom. The molecule has 0 aliphatic heterocycles. The van der Waals surface area contributed by atoms with Crippen LogP contribution in [0.15, 0.2) is 41.1 Å². The van der Waals surface area contributed by atoms with Crippen molar-refractivity contribution in [3.05, 3.63) is 46.7 Å². The third-order valence-electron chi connectivity index (χ3n) is 5.45. The molecule has 2 heterocycles. The molecule has 0 radical (unpaired) electrons. The molecule has 142 valence electrons. The van der Waals surface area contributed by atoms with Gasteiger partial charge in [0.2, 0.25) is 0 Å². The first-order valence-electron chi connectivity index (χ1n) is 9.60. The van der Waals surface area contributed by atoms with Gasteiger partial charge in [-0.05, 0) is 48.1 Å². The van der Waals surface area contributed by atoms with Crippen molar-refractivity contribution in [2.24, 2.45) is 0 Å². The van der Waals surface area contributed by atoms with Gasteiger partial charge in [-0.3, -0.25) is 0 Å². The van der Waals surface area contributed by atoms with Crippen molar-refractivity contribution < 1.29 is 9.84 Å². The van der Waals surface area contributed by atoms with E-state index in [0.29, 0.717) is 13.1 Å². The zero-order chi connectivity index (χ0) is 18.7. The molecular weight excluding hydrogens is 356 g/mol. The minimum Gasteiger partial charge on any atom is -0.497 e. The molecule has 3 aromatic rings. The predicted octanol–water partition coefficient (Wildman–Crippen LogP) is 4.76. The Balaban J connectivity index is 1.61. The van der Waals surface area contributed by atoms with Crippen LogP contribution in [0.5, 0.6) is 5.75 Å². The number of hydrogen-bond donors (Lipinski definition) is 2. The second kappa shape index (κ2) is 7.97. The van der Waals surface area contributed by atoms with Crippen LogP contribution in [-0.4, -0.2) is 29.3 Å². The number of thiophene rings is 1. The molecule has 2 N–H and O–H groups in total. The lowest BCUT2D eigenvalue weighted by Gasteiger charge is -2.32. The van der Waals surface area contributed by atoms with Gasteiger partial charge in [-0.15, -0.1) is 0 Å². The Morgan fingerprint density at radius 1 is 1.19 bits per heavy atom. The number of nitrogens with one attached hydrogen (secondary N) is 1. The van der Waals surface area contributed by atoms with Crippen molar-refractivity contribution in [2.75, 3.05) is 13.7 Å². The van der Waals surface area contributed by atoms with Gasteiger partial charge in [0.15, 0.2) is 0 Å². The van der Waals surface area contributed by atoms with Crippen molar-refractivity contribution in [3.8, 4) is 17.0 Å². The standard InChI is InChI=1S/C22H26N2O2S/c1-26-19-6-5-16-11-18(13-23-15-22(25)8-3-2-4-9-22)21(24-20(16)12-19)17-7-10-27-14-17/h5-7,10-12,14,23,25H,2-4,8-9,13,15H2,1H3. The van der Waals surface area contributed by atoms with E-state index in [2.05, 4.69) is 34.3 Å². The van der Waals surface area contributed by atoms with E-state index in [0.717, 1.165) is 59.2 Å². The van der Waals surface area contributed by atoms with Gasteiger partial charge in [-0.25, -0.2) is 4.98 Å². The summed E-state index contributed by atoms with van der Waals surface area (Å²) in [5.74, 6) is 0.816. The highest BCUT2D eigenvalue weighted by Crippen LogP contribution is 2.30. The Bertz CT molecular complexity index is 902. The number of rotatable bonds is 6. The van der Waals surface area contributed by atoms with E-state index in [1.54, 1.807) is 18.4 Å². The summed E-state index contributed by atoms with van der Waals surface area (Å²) in [6.07, 6.45) is 5.28. The Labute approximate surface area is 164 Å². The van der Waals surface area contributed by atoms with E-state index >= 15 is 0 Å². The van der Waals surface area contributed by atoms with E-state index in [1.807, 2.05) is 12.1 Å². The van der Waals surface area contributed by atoms with Gasteiger partial charge >= 0.3 is 0 Å². The summed E-state index contributed by atoms with van der Waals surface area (Å²) in [6.45, 7) is 1.33. The van der Waals surface area contributed by atoms with Gasteiger partial charge in [-0.2, -0.15) is 11.3 Å². The molecular formula is C22H26N2O2S. The Kier molecular flexibility index (Phi) is 5.43. The van der Waals surface area contributed by atoms with Crippen LogP contribution in [0, 0.1) is 0 Å². The lowest BCUT2D eigenvalue weighted by molar-refractivity contribution is 0.00468. The molecule has 1 aliphatic carbocycles. The van der Waals surface area contributed by atoms with E-state index < -0.39 is 5.60 Å². The van der Waals surface area contributed by atoms with Crippen LogP contribution < -0.4 is 10.1 Å². The summed E-state index contributed by atoms with van der Waals surface area (Å²) in [7, 11) is 1.68. The van der Waals surface area contributed by atoms with Crippen molar-refractivity contribution in [2.45, 2.75) is 44.2 Å². The monoisotopic (exact) mass is 382 g/mol. The van der Waals surface area contributed by atoms with E-state index in [1.165, 1.54) is 6.42 Å². The number of aromatic nitrogens is 1. The first-order valence-corrected chi connectivity index (χ1v) is 10.5. The molecule has 1 saturated carbocycles. The summed E-state index contributed by atoms with van der Waals surface area (Å²) < 4.78 is 5.35. The third-order valence-corrected chi connectivity index (χ3v) is 6.14. The van der Waals surface area contributed by atoms with Crippen LogP contribution >= 0.6 is 11.3 Å². The van der Waals surface area contributed by atoms with Gasteiger partial charge in [0.25, 0.3) is 0 Å². The normalized spacial score (nSPS) is 16.5. The maximum Gasteiger partial charge on any atom is 0.121 e. The zero-order valence-corrected chi connectivity index (χ0v) is 16.5. The highest BCUT2D eigenvalue weighted by molar-refractivity contribution is 7.08. The van der Waals surface area contributed by atoms with Gasteiger partial charge in [-0.1, -0.05) is 19.3 Å². The third kappa shape index (κ3) is 4.15. The molecule has 4 nitrogen and oxygen atoms in total. The fourth-order valence-electron chi connectivity index (χ4n) is 3.92. The summed E-state index contributed by atoms with van der Waals surface area (Å²) in [5, 5.41) is 19.5. The lowest BCUT2D eigenvalue weighted by atomic mass is 9.85. The average molecular weight is 383 g/mol. The highest BCUT2D eigenvalue weighted by atomic mass is 32.1. The maximum atomic E-state index is 10.7. The topological polar surface area (TPSA) is 54.4 Å². The molecule has 1 fully saturated rings. The SMILES string of the molecule is COc1ccc2cc(CNCC3(O)CCCCC3)c(-c3ccsc3)nc2c1. The summed E-state index contributed by atoms with van der Waals surface area (Å²) in [5.41, 5.74) is 3.67. The number of methoxy groups -OCH3 is 1. The first kappa shape index (κ1) is 18.4. The maximum absolute atomic E-state index is 10.7. The Hall–Kier alpha value is -1.95. The van der Waals surface area contributed by atoms with E-state index in [-0.39, 0.29) is 0 Å². The summed E-state index contributed by atoms with van der Waals surface area (Å²) >= 11 is 1.68. The second-order valence-electron chi connectivity index (χ2n) is 7.46. The van der Waals surface area contributed by atoms with Crippen LogP contribution in [0.25, 0.3) is 22.2 Å². The van der Waals surface area contributed by atoms with Crippen LogP contribution in [-0.2, 0) is 6.54 Å². The van der Waals surface area contributed by atoms with Gasteiger partial charge in [0, 0.05) is 35.5 Å². The van der Waals surface area contributed by atoms with Crippen LogP contribution in [0.4, 0.5) is 0 Å². The Morgan fingerprint density at radius 2 is 2.04 bits per heavy atom. The van der Waals surface area contributed by atoms with Gasteiger partial charge in [0.05, 0.1) is 23.9 Å². The van der Waals surface area contributed by atoms with Crippen molar-refractivity contribution >= 4 is 22.2 Å². The smallest absolute Gasteiger partial charge is 0.121 e. The molecule has 0 amide bonds. The van der Waals surface area contributed by atoms with Crippen molar-refractivity contribution in [3.63, 3.8) is 0 Å². The van der Waals surface area contributed by atoms with Crippen LogP contribution in [0.3, 0.4) is 0 Å². The molecule has 2 aromatic heterocycles. The molecule has 4 rings (SSSR count). The second-order valence-corrected chi connectivity index (χ2v) is 8.24. The minimum absolute atomic E-state index is 0.557. The fourth-order valence-corrected chi connectivity index (χ4v) is 4.56. The summed E-state index contributed by atoms with van der Waals surface area (Å²) in [6, 6.07) is 10.3. The number of fused-ring (bicyclic) bond motifs is 1. The predicted molar refractivity (Wildman–Crippen MR) is 111 cm³/mol. The molecule has 5 heteroatoms.